The van der Waals surface area contributed by atoms with E-state index in [2.05, 4.69) is 4.72 Å². The van der Waals surface area contributed by atoms with Gasteiger partial charge >= 0.3 is 5.97 Å². The highest BCUT2D eigenvalue weighted by Gasteiger charge is 2.04. The minimum absolute atomic E-state index is 0.114. The van der Waals surface area contributed by atoms with Gasteiger partial charge in [0, 0.05) is 23.4 Å². The van der Waals surface area contributed by atoms with Crippen LogP contribution < -0.4 is 4.72 Å². The molecule has 5 nitrogen and oxygen atoms in total. The highest BCUT2D eigenvalue weighted by atomic mass is 35.5. The smallest absolute Gasteiger partial charge is 0.303 e. The second-order valence-electron chi connectivity index (χ2n) is 4.50. The van der Waals surface area contributed by atoms with Crippen molar-refractivity contribution in [2.75, 3.05) is 6.54 Å². The molecule has 116 valence electrons. The summed E-state index contributed by atoms with van der Waals surface area (Å²) in [5.41, 5.74) is 0.742. The van der Waals surface area contributed by atoms with Gasteiger partial charge in [0.2, 0.25) is 10.0 Å². The molecule has 0 aliphatic heterocycles. The number of sulfonamides is 1. The predicted molar refractivity (Wildman–Crippen MR) is 83.5 cm³/mol. The Bertz CT molecular complexity index is 581. The number of nitrogens with one attached hydrogen (secondary N) is 1. The lowest BCUT2D eigenvalue weighted by molar-refractivity contribution is -0.137. The van der Waals surface area contributed by atoms with E-state index in [1.54, 1.807) is 24.3 Å². The van der Waals surface area contributed by atoms with Crippen LogP contribution in [0.2, 0.25) is 5.02 Å². The quantitative estimate of drug-likeness (QED) is 0.681. The molecule has 0 aliphatic rings. The van der Waals surface area contributed by atoms with Crippen molar-refractivity contribution in [3.05, 3.63) is 40.3 Å². The van der Waals surface area contributed by atoms with Crippen molar-refractivity contribution >= 4 is 33.7 Å². The van der Waals surface area contributed by atoms with Gasteiger partial charge in [-0.1, -0.05) is 30.2 Å². The van der Waals surface area contributed by atoms with Crippen molar-refractivity contribution < 1.29 is 18.3 Å². The summed E-state index contributed by atoms with van der Waals surface area (Å²) in [5, 5.41) is 10.2. The van der Waals surface area contributed by atoms with Crippen LogP contribution in [-0.2, 0) is 14.8 Å². The molecule has 0 spiro atoms. The lowest BCUT2D eigenvalue weighted by Gasteiger charge is -2.02. The van der Waals surface area contributed by atoms with Gasteiger partial charge in [-0.15, -0.1) is 0 Å². The molecule has 0 atom stereocenters. The molecule has 0 saturated carbocycles. The summed E-state index contributed by atoms with van der Waals surface area (Å²) in [6.45, 7) is 0.299. The SMILES string of the molecule is O=C(O)CCCCCNS(=O)(=O)C=Cc1ccc(Cl)cc1. The number of carboxylic acid groups (broad SMARTS) is 1. The number of hydrogen-bond donors (Lipinski definition) is 2. The van der Waals surface area contributed by atoms with Crippen molar-refractivity contribution in [2.45, 2.75) is 25.7 Å². The number of halogens is 1. The van der Waals surface area contributed by atoms with E-state index in [-0.39, 0.29) is 6.42 Å². The van der Waals surface area contributed by atoms with Crippen LogP contribution in [0.5, 0.6) is 0 Å². The fraction of sp³-hybridized carbons (Fsp3) is 0.357. The van der Waals surface area contributed by atoms with Gasteiger partial charge in [-0.25, -0.2) is 13.1 Å². The van der Waals surface area contributed by atoms with Crippen molar-refractivity contribution in [1.29, 1.82) is 0 Å². The minimum Gasteiger partial charge on any atom is -0.481 e. The van der Waals surface area contributed by atoms with Crippen LogP contribution in [-0.4, -0.2) is 26.0 Å². The number of carboxylic acids is 1. The van der Waals surface area contributed by atoms with Crippen molar-refractivity contribution in [2.24, 2.45) is 0 Å². The van der Waals surface area contributed by atoms with Crippen LogP contribution in [0.4, 0.5) is 0 Å². The van der Waals surface area contributed by atoms with E-state index in [9.17, 15) is 13.2 Å². The Morgan fingerprint density at radius 1 is 1.19 bits per heavy atom. The summed E-state index contributed by atoms with van der Waals surface area (Å²) in [5.74, 6) is -0.832. The maximum atomic E-state index is 11.7. The summed E-state index contributed by atoms with van der Waals surface area (Å²) >= 11 is 5.74. The zero-order valence-corrected chi connectivity index (χ0v) is 13.0. The Kier molecular flexibility index (Phi) is 7.42. The molecular formula is C14H18ClNO4S. The first-order valence-corrected chi connectivity index (χ1v) is 8.46. The third kappa shape index (κ3) is 8.49. The first-order valence-electron chi connectivity index (χ1n) is 6.54. The van der Waals surface area contributed by atoms with Crippen molar-refractivity contribution in [3.63, 3.8) is 0 Å². The number of rotatable bonds is 9. The monoisotopic (exact) mass is 331 g/mol. The lowest BCUT2D eigenvalue weighted by Crippen LogP contribution is -2.22. The predicted octanol–water partition coefficient (Wildman–Crippen LogP) is 2.88. The summed E-state index contributed by atoms with van der Waals surface area (Å²) in [6.07, 6.45) is 3.45. The Hall–Kier alpha value is -1.37. The maximum Gasteiger partial charge on any atom is 0.303 e. The summed E-state index contributed by atoms with van der Waals surface area (Å²) in [6, 6.07) is 6.81. The number of benzene rings is 1. The molecule has 0 aromatic heterocycles. The first-order chi connectivity index (χ1) is 9.89. The molecular weight excluding hydrogens is 314 g/mol. The Morgan fingerprint density at radius 2 is 1.86 bits per heavy atom. The van der Waals surface area contributed by atoms with E-state index in [1.165, 1.54) is 6.08 Å². The molecule has 1 aromatic carbocycles. The highest BCUT2D eigenvalue weighted by Crippen LogP contribution is 2.11. The van der Waals surface area contributed by atoms with E-state index in [0.717, 1.165) is 11.0 Å². The van der Waals surface area contributed by atoms with E-state index < -0.39 is 16.0 Å². The first kappa shape index (κ1) is 17.7. The molecule has 0 radical (unpaired) electrons. The molecule has 1 aromatic rings. The zero-order valence-electron chi connectivity index (χ0n) is 11.5. The van der Waals surface area contributed by atoms with E-state index in [4.69, 9.17) is 16.7 Å². The maximum absolute atomic E-state index is 11.7. The van der Waals surface area contributed by atoms with Crippen LogP contribution in [0.25, 0.3) is 6.08 Å². The van der Waals surface area contributed by atoms with Gasteiger partial charge < -0.3 is 5.11 Å². The van der Waals surface area contributed by atoms with Crippen LogP contribution >= 0.6 is 11.6 Å². The third-order valence-electron chi connectivity index (χ3n) is 2.68. The van der Waals surface area contributed by atoms with Gasteiger partial charge in [-0.3, -0.25) is 4.79 Å². The van der Waals surface area contributed by atoms with Gasteiger partial charge in [0.15, 0.2) is 0 Å². The fourth-order valence-electron chi connectivity index (χ4n) is 1.58. The summed E-state index contributed by atoms with van der Waals surface area (Å²) < 4.78 is 25.8. The largest absolute Gasteiger partial charge is 0.481 e. The number of unbranched alkanes of at least 4 members (excludes halogenated alkanes) is 2. The van der Waals surface area contributed by atoms with E-state index >= 15 is 0 Å². The van der Waals surface area contributed by atoms with Crippen LogP contribution in [0.3, 0.4) is 0 Å². The molecule has 7 heteroatoms. The van der Waals surface area contributed by atoms with Crippen molar-refractivity contribution in [1.82, 2.24) is 4.72 Å². The fourth-order valence-corrected chi connectivity index (χ4v) is 2.57. The second-order valence-corrected chi connectivity index (χ2v) is 6.59. The standard InChI is InChI=1S/C14H18ClNO4S/c15-13-7-5-12(6-8-13)9-11-21(19,20)16-10-3-1-2-4-14(17)18/h5-9,11,16H,1-4,10H2,(H,17,18). The van der Waals surface area contributed by atoms with Crippen LogP contribution in [0.1, 0.15) is 31.2 Å². The van der Waals surface area contributed by atoms with E-state index in [1.807, 2.05) is 0 Å². The van der Waals surface area contributed by atoms with Crippen LogP contribution in [0, 0.1) is 0 Å². The molecule has 0 amide bonds. The molecule has 0 heterocycles. The Labute approximate surface area is 129 Å². The summed E-state index contributed by atoms with van der Waals surface area (Å²) in [4.78, 5) is 10.3. The number of aliphatic carboxylic acids is 1. The lowest BCUT2D eigenvalue weighted by atomic mass is 10.2. The van der Waals surface area contributed by atoms with Crippen LogP contribution in [0.15, 0.2) is 29.7 Å². The van der Waals surface area contributed by atoms with Gasteiger partial charge in [-0.05, 0) is 36.6 Å². The molecule has 0 unspecified atom stereocenters. The molecule has 21 heavy (non-hydrogen) atoms. The van der Waals surface area contributed by atoms with E-state index in [0.29, 0.717) is 30.8 Å². The van der Waals surface area contributed by atoms with Crippen molar-refractivity contribution in [3.8, 4) is 0 Å². The Morgan fingerprint density at radius 3 is 2.48 bits per heavy atom. The van der Waals surface area contributed by atoms with Gasteiger partial charge in [0.05, 0.1) is 0 Å². The average molecular weight is 332 g/mol. The number of carbonyl (C=O) groups is 1. The molecule has 0 fully saturated rings. The third-order valence-corrected chi connectivity index (χ3v) is 4.03. The normalized spacial score (nSPS) is 11.9. The minimum atomic E-state index is -3.47. The average Bonchev–Trinajstić information content (AvgIpc) is 2.42. The highest BCUT2D eigenvalue weighted by molar-refractivity contribution is 7.92. The van der Waals surface area contributed by atoms with Gasteiger partial charge in [0.25, 0.3) is 0 Å². The Balaban J connectivity index is 2.33. The van der Waals surface area contributed by atoms with Gasteiger partial charge in [0.1, 0.15) is 0 Å². The molecule has 0 aliphatic carbocycles. The number of hydrogen-bond acceptors (Lipinski definition) is 3. The zero-order chi connectivity index (χ0) is 15.7. The molecule has 0 saturated heterocycles. The second kappa shape index (κ2) is 8.81. The molecule has 0 bridgehead atoms. The molecule has 1 rings (SSSR count). The summed E-state index contributed by atoms with van der Waals surface area (Å²) in [7, 11) is -3.47. The molecule has 2 N–H and O–H groups in total. The topological polar surface area (TPSA) is 83.5 Å². The van der Waals surface area contributed by atoms with Gasteiger partial charge in [-0.2, -0.15) is 0 Å².